The highest BCUT2D eigenvalue weighted by atomic mass is 16.5. The van der Waals surface area contributed by atoms with E-state index in [0.29, 0.717) is 6.10 Å². The van der Waals surface area contributed by atoms with Crippen molar-refractivity contribution < 1.29 is 4.74 Å². The summed E-state index contributed by atoms with van der Waals surface area (Å²) in [6.45, 7) is 5.60. The molecule has 1 aliphatic heterocycles. The Morgan fingerprint density at radius 3 is 2.91 bits per heavy atom. The minimum atomic E-state index is 0.601. The average Bonchev–Trinajstić information content (AvgIpc) is 2.52. The van der Waals surface area contributed by atoms with Gasteiger partial charge in [0.2, 0.25) is 0 Å². The monoisotopic (exact) mass is 156 g/mol. The summed E-state index contributed by atoms with van der Waals surface area (Å²) in [5, 5.41) is 0. The zero-order chi connectivity index (χ0) is 8.10. The van der Waals surface area contributed by atoms with Crippen LogP contribution in [0.15, 0.2) is 0 Å². The third-order valence-corrected chi connectivity index (χ3v) is 2.70. The van der Waals surface area contributed by atoms with Crippen molar-refractivity contribution in [1.82, 2.24) is 0 Å². The van der Waals surface area contributed by atoms with Crippen LogP contribution in [0.5, 0.6) is 0 Å². The van der Waals surface area contributed by atoms with Gasteiger partial charge in [-0.2, -0.15) is 0 Å². The van der Waals surface area contributed by atoms with E-state index in [1.54, 1.807) is 0 Å². The fourth-order valence-electron chi connectivity index (χ4n) is 1.55. The molecule has 2 atom stereocenters. The first-order valence-electron chi connectivity index (χ1n) is 4.94. The summed E-state index contributed by atoms with van der Waals surface area (Å²) in [6, 6.07) is 0. The first kappa shape index (κ1) is 9.05. The van der Waals surface area contributed by atoms with Crippen molar-refractivity contribution in [3.63, 3.8) is 0 Å². The first-order valence-corrected chi connectivity index (χ1v) is 4.94. The molecule has 66 valence electrons. The van der Waals surface area contributed by atoms with Gasteiger partial charge in [0, 0.05) is 6.61 Å². The van der Waals surface area contributed by atoms with Gasteiger partial charge in [-0.1, -0.05) is 20.3 Å². The van der Waals surface area contributed by atoms with Crippen LogP contribution in [-0.4, -0.2) is 12.7 Å². The van der Waals surface area contributed by atoms with Crippen LogP contribution in [0.3, 0.4) is 0 Å². The van der Waals surface area contributed by atoms with E-state index in [-0.39, 0.29) is 0 Å². The standard InChI is InChI=1S/C10H20O/c1-3-9(2)6-7-10-5-4-8-11-10/h9-10H,3-8H2,1-2H3. The predicted octanol–water partition coefficient (Wildman–Crippen LogP) is 2.99. The van der Waals surface area contributed by atoms with Crippen molar-refractivity contribution in [1.29, 1.82) is 0 Å². The predicted molar refractivity (Wildman–Crippen MR) is 47.7 cm³/mol. The quantitative estimate of drug-likeness (QED) is 0.608. The van der Waals surface area contributed by atoms with Gasteiger partial charge in [-0.3, -0.25) is 0 Å². The second kappa shape index (κ2) is 4.76. The topological polar surface area (TPSA) is 9.23 Å². The minimum absolute atomic E-state index is 0.601. The fraction of sp³-hybridized carbons (Fsp3) is 1.00. The van der Waals surface area contributed by atoms with Gasteiger partial charge in [0.05, 0.1) is 6.10 Å². The van der Waals surface area contributed by atoms with E-state index in [9.17, 15) is 0 Å². The molecule has 0 amide bonds. The summed E-state index contributed by atoms with van der Waals surface area (Å²) in [6.07, 6.45) is 7.13. The normalized spacial score (nSPS) is 27.3. The third kappa shape index (κ3) is 3.24. The first-order chi connectivity index (χ1) is 5.33. The molecule has 1 saturated heterocycles. The molecule has 1 nitrogen and oxygen atoms in total. The van der Waals surface area contributed by atoms with E-state index >= 15 is 0 Å². The Kier molecular flexibility index (Phi) is 3.92. The summed E-state index contributed by atoms with van der Waals surface area (Å²) in [5.41, 5.74) is 0. The van der Waals surface area contributed by atoms with Crippen LogP contribution in [0.1, 0.15) is 46.0 Å². The highest BCUT2D eigenvalue weighted by molar-refractivity contribution is 4.65. The Morgan fingerprint density at radius 2 is 2.36 bits per heavy atom. The molecule has 0 N–H and O–H groups in total. The molecular formula is C10H20O. The van der Waals surface area contributed by atoms with Crippen molar-refractivity contribution in [2.75, 3.05) is 6.61 Å². The van der Waals surface area contributed by atoms with E-state index in [1.165, 1.54) is 32.1 Å². The summed E-state index contributed by atoms with van der Waals surface area (Å²) in [4.78, 5) is 0. The molecule has 0 radical (unpaired) electrons. The number of hydrogen-bond acceptors (Lipinski definition) is 1. The van der Waals surface area contributed by atoms with Crippen LogP contribution in [0.25, 0.3) is 0 Å². The molecular weight excluding hydrogens is 136 g/mol. The second-order valence-corrected chi connectivity index (χ2v) is 3.73. The SMILES string of the molecule is CCC(C)CCC1CCCO1. The molecule has 2 unspecified atom stereocenters. The molecule has 0 aromatic carbocycles. The lowest BCUT2D eigenvalue weighted by Crippen LogP contribution is -2.06. The zero-order valence-corrected chi connectivity index (χ0v) is 7.81. The average molecular weight is 156 g/mol. The summed E-state index contributed by atoms with van der Waals surface area (Å²) >= 11 is 0. The van der Waals surface area contributed by atoms with Crippen molar-refractivity contribution in [2.24, 2.45) is 5.92 Å². The largest absolute Gasteiger partial charge is 0.378 e. The van der Waals surface area contributed by atoms with Crippen LogP contribution in [0.4, 0.5) is 0 Å². The maximum atomic E-state index is 5.55. The highest BCUT2D eigenvalue weighted by Crippen LogP contribution is 2.20. The third-order valence-electron chi connectivity index (χ3n) is 2.70. The molecule has 0 aliphatic carbocycles. The number of ether oxygens (including phenoxy) is 1. The van der Waals surface area contributed by atoms with E-state index in [4.69, 9.17) is 4.74 Å². The van der Waals surface area contributed by atoms with E-state index in [0.717, 1.165) is 12.5 Å². The molecule has 11 heavy (non-hydrogen) atoms. The van der Waals surface area contributed by atoms with Gasteiger partial charge in [0.15, 0.2) is 0 Å². The number of rotatable bonds is 4. The highest BCUT2D eigenvalue weighted by Gasteiger charge is 2.15. The maximum Gasteiger partial charge on any atom is 0.0576 e. The van der Waals surface area contributed by atoms with Crippen molar-refractivity contribution in [3.8, 4) is 0 Å². The summed E-state index contributed by atoms with van der Waals surface area (Å²) < 4.78 is 5.55. The van der Waals surface area contributed by atoms with Crippen LogP contribution in [0, 0.1) is 5.92 Å². The smallest absolute Gasteiger partial charge is 0.0576 e. The van der Waals surface area contributed by atoms with Crippen LogP contribution < -0.4 is 0 Å². The maximum absolute atomic E-state index is 5.55. The summed E-state index contributed by atoms with van der Waals surface area (Å²) in [7, 11) is 0. The molecule has 1 rings (SSSR count). The van der Waals surface area contributed by atoms with Crippen molar-refractivity contribution >= 4 is 0 Å². The molecule has 0 aromatic rings. The lowest BCUT2D eigenvalue weighted by atomic mass is 10.00. The lowest BCUT2D eigenvalue weighted by molar-refractivity contribution is 0.0986. The summed E-state index contributed by atoms with van der Waals surface area (Å²) in [5.74, 6) is 0.888. The van der Waals surface area contributed by atoms with Crippen molar-refractivity contribution in [3.05, 3.63) is 0 Å². The van der Waals surface area contributed by atoms with E-state index < -0.39 is 0 Å². The second-order valence-electron chi connectivity index (χ2n) is 3.73. The van der Waals surface area contributed by atoms with Crippen LogP contribution in [0.2, 0.25) is 0 Å². The van der Waals surface area contributed by atoms with Gasteiger partial charge in [-0.05, 0) is 31.6 Å². The van der Waals surface area contributed by atoms with E-state index in [2.05, 4.69) is 13.8 Å². The van der Waals surface area contributed by atoms with Gasteiger partial charge in [0.25, 0.3) is 0 Å². The Bertz CT molecular complexity index is 95.0. The Labute approximate surface area is 70.1 Å². The Hall–Kier alpha value is -0.0400. The molecule has 1 heterocycles. The van der Waals surface area contributed by atoms with Crippen molar-refractivity contribution in [2.45, 2.75) is 52.1 Å². The molecule has 0 bridgehead atoms. The van der Waals surface area contributed by atoms with Gasteiger partial charge >= 0.3 is 0 Å². The van der Waals surface area contributed by atoms with Gasteiger partial charge < -0.3 is 4.74 Å². The van der Waals surface area contributed by atoms with E-state index in [1.807, 2.05) is 0 Å². The Balaban J connectivity index is 2.01. The lowest BCUT2D eigenvalue weighted by Gasteiger charge is -2.12. The molecule has 0 aromatic heterocycles. The minimum Gasteiger partial charge on any atom is -0.378 e. The zero-order valence-electron chi connectivity index (χ0n) is 7.81. The molecule has 0 spiro atoms. The molecule has 0 saturated carbocycles. The van der Waals surface area contributed by atoms with Gasteiger partial charge in [-0.25, -0.2) is 0 Å². The molecule has 1 heteroatoms. The fourth-order valence-corrected chi connectivity index (χ4v) is 1.55. The number of hydrogen-bond donors (Lipinski definition) is 0. The van der Waals surface area contributed by atoms with Gasteiger partial charge in [-0.15, -0.1) is 0 Å². The molecule has 1 fully saturated rings. The Morgan fingerprint density at radius 1 is 1.55 bits per heavy atom. The van der Waals surface area contributed by atoms with Gasteiger partial charge in [0.1, 0.15) is 0 Å². The molecule has 1 aliphatic rings. The van der Waals surface area contributed by atoms with Crippen LogP contribution >= 0.6 is 0 Å². The van der Waals surface area contributed by atoms with Crippen LogP contribution in [-0.2, 0) is 4.74 Å².